The maximum absolute atomic E-state index is 12.9. The van der Waals surface area contributed by atoms with E-state index < -0.39 is 0 Å². The monoisotopic (exact) mass is 368 g/mol. The lowest BCUT2D eigenvalue weighted by atomic mass is 10.1. The molecule has 1 fully saturated rings. The summed E-state index contributed by atoms with van der Waals surface area (Å²) < 4.78 is 14.5. The molecule has 0 aliphatic carbocycles. The van der Waals surface area contributed by atoms with Crippen molar-refractivity contribution in [2.45, 2.75) is 32.6 Å². The number of imidazole rings is 1. The number of carbonyl (C=O) groups is 1. The third kappa shape index (κ3) is 4.98. The molecule has 0 bridgehead atoms. The Hall–Kier alpha value is -2.60. The van der Waals surface area contributed by atoms with E-state index in [-0.39, 0.29) is 5.82 Å². The summed E-state index contributed by atoms with van der Waals surface area (Å²) in [7, 11) is 2.21. The van der Waals surface area contributed by atoms with Crippen molar-refractivity contribution in [1.29, 1.82) is 0 Å². The van der Waals surface area contributed by atoms with Gasteiger partial charge in [-0.2, -0.15) is 5.10 Å². The van der Waals surface area contributed by atoms with Crippen LogP contribution in [0.5, 0.6) is 0 Å². The van der Waals surface area contributed by atoms with Crippen LogP contribution in [0.25, 0.3) is 16.9 Å². The van der Waals surface area contributed by atoms with E-state index in [1.54, 1.807) is 22.8 Å². The fourth-order valence-electron chi connectivity index (χ4n) is 3.20. The van der Waals surface area contributed by atoms with Crippen molar-refractivity contribution in [3.8, 4) is 11.3 Å². The minimum absolute atomic E-state index is 0.285. The van der Waals surface area contributed by atoms with Gasteiger partial charge in [-0.05, 0) is 75.8 Å². The van der Waals surface area contributed by atoms with Crippen molar-refractivity contribution < 1.29 is 9.18 Å². The number of rotatable bonds is 2. The molecule has 1 aliphatic heterocycles. The van der Waals surface area contributed by atoms with Gasteiger partial charge in [-0.15, -0.1) is 0 Å². The molecule has 0 N–H and O–H groups in total. The Morgan fingerprint density at radius 1 is 1.07 bits per heavy atom. The van der Waals surface area contributed by atoms with E-state index in [1.807, 2.05) is 13.0 Å². The Labute approximate surface area is 158 Å². The number of aryl methyl sites for hydroxylation is 1. The van der Waals surface area contributed by atoms with Gasteiger partial charge in [0.1, 0.15) is 11.5 Å². The first-order chi connectivity index (χ1) is 13.1. The van der Waals surface area contributed by atoms with Gasteiger partial charge in [0.25, 0.3) is 0 Å². The highest BCUT2D eigenvalue weighted by Crippen LogP contribution is 2.20. The average Bonchev–Trinajstić information content (AvgIpc) is 2.95. The van der Waals surface area contributed by atoms with Crippen LogP contribution in [0.2, 0.25) is 0 Å². The molecule has 1 saturated heterocycles. The third-order valence-corrected chi connectivity index (χ3v) is 4.72. The van der Waals surface area contributed by atoms with Gasteiger partial charge < -0.3 is 4.90 Å². The van der Waals surface area contributed by atoms with Crippen LogP contribution in [0.15, 0.2) is 36.5 Å². The maximum Gasteiger partial charge on any atom is 0.170 e. The van der Waals surface area contributed by atoms with Crippen molar-refractivity contribution in [2.24, 2.45) is 0 Å². The zero-order valence-electron chi connectivity index (χ0n) is 15.9. The number of aromatic nitrogens is 3. The lowest BCUT2D eigenvalue weighted by molar-refractivity contribution is 0.111. The summed E-state index contributed by atoms with van der Waals surface area (Å²) in [4.78, 5) is 17.3. The van der Waals surface area contributed by atoms with E-state index in [0.29, 0.717) is 23.3 Å². The summed E-state index contributed by atoms with van der Waals surface area (Å²) in [6, 6.07) is 7.98. The van der Waals surface area contributed by atoms with E-state index in [1.165, 1.54) is 50.9 Å². The molecule has 3 aromatic rings. The van der Waals surface area contributed by atoms with E-state index in [9.17, 15) is 9.18 Å². The minimum Gasteiger partial charge on any atom is -0.306 e. The molecule has 27 heavy (non-hydrogen) atoms. The summed E-state index contributed by atoms with van der Waals surface area (Å²) in [6.07, 6.45) is 7.98. The molecule has 2 aromatic heterocycles. The van der Waals surface area contributed by atoms with Crippen LogP contribution >= 0.6 is 0 Å². The number of halogens is 1. The van der Waals surface area contributed by atoms with Gasteiger partial charge in [0.05, 0.1) is 11.9 Å². The van der Waals surface area contributed by atoms with E-state index in [2.05, 4.69) is 22.0 Å². The number of likely N-dealkylation sites (tertiary alicyclic amines) is 1. The molecule has 5 nitrogen and oxygen atoms in total. The quantitative estimate of drug-likeness (QED) is 0.638. The number of carbonyl (C=O) groups excluding carboxylic acids is 1. The van der Waals surface area contributed by atoms with Crippen molar-refractivity contribution in [2.75, 3.05) is 20.1 Å². The largest absolute Gasteiger partial charge is 0.306 e. The van der Waals surface area contributed by atoms with E-state index in [0.717, 1.165) is 11.1 Å². The molecular formula is C21H25FN4O. The van der Waals surface area contributed by atoms with Crippen LogP contribution in [0.1, 0.15) is 41.7 Å². The molecule has 0 spiro atoms. The molecule has 3 heterocycles. The Morgan fingerprint density at radius 2 is 1.74 bits per heavy atom. The third-order valence-electron chi connectivity index (χ3n) is 4.72. The van der Waals surface area contributed by atoms with Crippen molar-refractivity contribution in [3.63, 3.8) is 0 Å². The van der Waals surface area contributed by atoms with Crippen LogP contribution in [0.4, 0.5) is 4.39 Å². The number of fused-ring (bicyclic) bond motifs is 1. The minimum atomic E-state index is -0.285. The predicted molar refractivity (Wildman–Crippen MR) is 104 cm³/mol. The Bertz CT molecular complexity index is 896. The SMILES string of the molecule is CN1CCCCCC1.Cc1cc(-c2ccc(F)cc2)nn2cc(C=O)nc12. The van der Waals surface area contributed by atoms with Crippen molar-refractivity contribution in [3.05, 3.63) is 53.6 Å². The summed E-state index contributed by atoms with van der Waals surface area (Å²) in [5.74, 6) is -0.285. The van der Waals surface area contributed by atoms with Gasteiger partial charge in [-0.25, -0.2) is 13.9 Å². The predicted octanol–water partition coefficient (Wildman–Crippen LogP) is 4.15. The second-order valence-corrected chi connectivity index (χ2v) is 6.99. The first kappa shape index (κ1) is 19.2. The van der Waals surface area contributed by atoms with Crippen LogP contribution in [-0.2, 0) is 0 Å². The number of nitrogens with zero attached hydrogens (tertiary/aromatic N) is 4. The molecular weight excluding hydrogens is 343 g/mol. The molecule has 1 aromatic carbocycles. The van der Waals surface area contributed by atoms with Gasteiger partial charge in [-0.3, -0.25) is 4.79 Å². The molecule has 6 heteroatoms. The molecule has 0 unspecified atom stereocenters. The fourth-order valence-corrected chi connectivity index (χ4v) is 3.20. The lowest BCUT2D eigenvalue weighted by Gasteiger charge is -2.10. The Kier molecular flexibility index (Phi) is 6.29. The second kappa shape index (κ2) is 8.86. The van der Waals surface area contributed by atoms with Gasteiger partial charge in [-0.1, -0.05) is 12.8 Å². The molecule has 0 atom stereocenters. The molecule has 4 rings (SSSR count). The highest BCUT2D eigenvalue weighted by Gasteiger charge is 2.08. The molecule has 1 aliphatic rings. The van der Waals surface area contributed by atoms with Crippen molar-refractivity contribution in [1.82, 2.24) is 19.5 Å². The summed E-state index contributed by atoms with van der Waals surface area (Å²) in [5.41, 5.74) is 3.41. The highest BCUT2D eigenvalue weighted by atomic mass is 19.1. The molecule has 142 valence electrons. The van der Waals surface area contributed by atoms with Crippen LogP contribution in [-0.4, -0.2) is 45.9 Å². The standard InChI is InChI=1S/C14H10FN3O.C7H15N/c1-9-6-13(10-2-4-11(15)5-3-10)17-18-7-12(8-19)16-14(9)18;1-8-6-4-2-3-5-7-8/h2-8H,1H3;2-7H2,1H3. The fraction of sp³-hybridized carbons (Fsp3) is 0.381. The lowest BCUT2D eigenvalue weighted by Crippen LogP contribution is -2.18. The van der Waals surface area contributed by atoms with Crippen LogP contribution in [0.3, 0.4) is 0 Å². The smallest absolute Gasteiger partial charge is 0.170 e. The van der Waals surface area contributed by atoms with Gasteiger partial charge in [0.2, 0.25) is 0 Å². The van der Waals surface area contributed by atoms with E-state index in [4.69, 9.17) is 0 Å². The maximum atomic E-state index is 12.9. The Morgan fingerprint density at radius 3 is 2.37 bits per heavy atom. The summed E-state index contributed by atoms with van der Waals surface area (Å²) in [6.45, 7) is 4.53. The topological polar surface area (TPSA) is 50.5 Å². The van der Waals surface area contributed by atoms with Gasteiger partial charge >= 0.3 is 0 Å². The highest BCUT2D eigenvalue weighted by molar-refractivity contribution is 5.74. The number of aldehydes is 1. The number of hydrogen-bond acceptors (Lipinski definition) is 4. The van der Waals surface area contributed by atoms with Gasteiger partial charge in [0.15, 0.2) is 11.9 Å². The number of benzene rings is 1. The molecule has 0 radical (unpaired) electrons. The first-order valence-electron chi connectivity index (χ1n) is 9.33. The second-order valence-electron chi connectivity index (χ2n) is 6.99. The normalized spacial score (nSPS) is 15.1. The molecule has 0 amide bonds. The zero-order chi connectivity index (χ0) is 19.2. The van der Waals surface area contributed by atoms with Crippen LogP contribution < -0.4 is 0 Å². The van der Waals surface area contributed by atoms with E-state index >= 15 is 0 Å². The zero-order valence-corrected chi connectivity index (χ0v) is 15.9. The Balaban J connectivity index is 0.000000221. The molecule has 0 saturated carbocycles. The number of hydrogen-bond donors (Lipinski definition) is 0. The summed E-state index contributed by atoms with van der Waals surface area (Å²) in [5, 5.41) is 4.38. The average molecular weight is 368 g/mol. The van der Waals surface area contributed by atoms with Crippen LogP contribution in [0, 0.1) is 12.7 Å². The first-order valence-corrected chi connectivity index (χ1v) is 9.33. The summed E-state index contributed by atoms with van der Waals surface area (Å²) >= 11 is 0. The van der Waals surface area contributed by atoms with Crippen molar-refractivity contribution >= 4 is 11.9 Å². The van der Waals surface area contributed by atoms with Gasteiger partial charge in [0, 0.05) is 5.56 Å².